The molecule has 1 fully saturated rings. The Bertz CT molecular complexity index is 371. The van der Waals surface area contributed by atoms with E-state index < -0.39 is 0 Å². The maximum atomic E-state index is 11.5. The molecule has 0 spiro atoms. The van der Waals surface area contributed by atoms with Crippen LogP contribution in [0.5, 0.6) is 0 Å². The van der Waals surface area contributed by atoms with E-state index in [4.69, 9.17) is 5.73 Å². The van der Waals surface area contributed by atoms with Crippen LogP contribution in [0.15, 0.2) is 0 Å². The van der Waals surface area contributed by atoms with Crippen molar-refractivity contribution in [3.63, 3.8) is 0 Å². The number of aryl methyl sites for hydroxylation is 1. The van der Waals surface area contributed by atoms with Gasteiger partial charge in [-0.2, -0.15) is 5.10 Å². The summed E-state index contributed by atoms with van der Waals surface area (Å²) in [5.41, 5.74) is 7.72. The summed E-state index contributed by atoms with van der Waals surface area (Å²) >= 11 is 0. The molecule has 1 unspecified atom stereocenters. The van der Waals surface area contributed by atoms with Gasteiger partial charge in [-0.15, -0.1) is 0 Å². The van der Waals surface area contributed by atoms with Crippen molar-refractivity contribution in [3.8, 4) is 0 Å². The summed E-state index contributed by atoms with van der Waals surface area (Å²) in [7, 11) is 0. The van der Waals surface area contributed by atoms with E-state index in [-0.39, 0.29) is 11.9 Å². The Morgan fingerprint density at radius 1 is 1.57 bits per heavy atom. The minimum absolute atomic E-state index is 0.0566. The third-order valence-electron chi connectivity index (χ3n) is 2.64. The fraction of sp³-hybridized carbons (Fsp3) is 0.556. The molecule has 1 saturated heterocycles. The molecule has 2 heterocycles. The number of aromatic nitrogens is 2. The van der Waals surface area contributed by atoms with Crippen molar-refractivity contribution >= 4 is 11.7 Å². The normalized spacial score (nSPS) is 22.1. The topological polar surface area (TPSA) is 75.0 Å². The van der Waals surface area contributed by atoms with E-state index in [9.17, 15) is 4.79 Å². The molecule has 1 aromatic heterocycles. The molecule has 1 aromatic rings. The number of hydrogen-bond donors (Lipinski definition) is 2. The standard InChI is InChI=1S/C9H14N4O/c1-5-6(2)11-12-9(5)13-4-7(10)3-8(13)14/h7H,3-4,10H2,1-2H3,(H,11,12). The number of nitrogens with two attached hydrogens (primary N) is 1. The Balaban J connectivity index is 2.32. The minimum atomic E-state index is -0.0566. The van der Waals surface area contributed by atoms with Gasteiger partial charge in [-0.1, -0.05) is 0 Å². The van der Waals surface area contributed by atoms with Crippen LogP contribution in [0.1, 0.15) is 17.7 Å². The van der Waals surface area contributed by atoms with E-state index in [1.165, 1.54) is 0 Å². The average Bonchev–Trinajstić information content (AvgIpc) is 2.59. The van der Waals surface area contributed by atoms with E-state index in [1.807, 2.05) is 13.8 Å². The monoisotopic (exact) mass is 194 g/mol. The van der Waals surface area contributed by atoms with Gasteiger partial charge in [0, 0.05) is 30.3 Å². The minimum Gasteiger partial charge on any atom is -0.326 e. The summed E-state index contributed by atoms with van der Waals surface area (Å²) in [5, 5.41) is 6.97. The third kappa shape index (κ3) is 1.29. The zero-order valence-corrected chi connectivity index (χ0v) is 8.37. The first-order chi connectivity index (χ1) is 6.59. The number of hydrogen-bond acceptors (Lipinski definition) is 3. The van der Waals surface area contributed by atoms with Crippen LogP contribution in [0.4, 0.5) is 5.82 Å². The van der Waals surface area contributed by atoms with E-state index >= 15 is 0 Å². The second-order valence-corrected chi connectivity index (χ2v) is 3.77. The molecule has 5 nitrogen and oxygen atoms in total. The molecule has 1 aliphatic heterocycles. The Morgan fingerprint density at radius 3 is 2.71 bits per heavy atom. The molecule has 0 saturated carbocycles. The summed E-state index contributed by atoms with van der Waals surface area (Å²) in [6, 6.07) is -0.0566. The lowest BCUT2D eigenvalue weighted by Crippen LogP contribution is -2.28. The van der Waals surface area contributed by atoms with Gasteiger partial charge in [-0.05, 0) is 13.8 Å². The van der Waals surface area contributed by atoms with Gasteiger partial charge in [0.1, 0.15) is 0 Å². The predicted octanol–water partition coefficient (Wildman–Crippen LogP) is 0.0905. The predicted molar refractivity (Wildman–Crippen MR) is 53.0 cm³/mol. The highest BCUT2D eigenvalue weighted by Gasteiger charge is 2.30. The van der Waals surface area contributed by atoms with Crippen molar-refractivity contribution in [2.24, 2.45) is 5.73 Å². The highest BCUT2D eigenvalue weighted by molar-refractivity contribution is 5.96. The van der Waals surface area contributed by atoms with Crippen LogP contribution in [0.2, 0.25) is 0 Å². The molecule has 14 heavy (non-hydrogen) atoms. The van der Waals surface area contributed by atoms with E-state index in [0.29, 0.717) is 13.0 Å². The number of amides is 1. The summed E-state index contributed by atoms with van der Waals surface area (Å²) in [5.74, 6) is 0.785. The number of anilines is 1. The summed E-state index contributed by atoms with van der Waals surface area (Å²) in [6.07, 6.45) is 0.422. The van der Waals surface area contributed by atoms with Gasteiger partial charge in [-0.25, -0.2) is 0 Å². The first kappa shape index (κ1) is 9.21. The molecule has 1 atom stereocenters. The number of carbonyl (C=O) groups is 1. The van der Waals surface area contributed by atoms with Crippen LogP contribution in [-0.2, 0) is 4.79 Å². The number of carbonyl (C=O) groups excluding carboxylic acids is 1. The molecular weight excluding hydrogens is 180 g/mol. The molecule has 0 aliphatic carbocycles. The average molecular weight is 194 g/mol. The third-order valence-corrected chi connectivity index (χ3v) is 2.64. The van der Waals surface area contributed by atoms with Crippen molar-refractivity contribution in [3.05, 3.63) is 11.3 Å². The van der Waals surface area contributed by atoms with Crippen LogP contribution in [0.3, 0.4) is 0 Å². The first-order valence-electron chi connectivity index (χ1n) is 4.67. The van der Waals surface area contributed by atoms with Gasteiger partial charge in [0.05, 0.1) is 0 Å². The lowest BCUT2D eigenvalue weighted by molar-refractivity contribution is -0.117. The summed E-state index contributed by atoms with van der Waals surface area (Å²) in [6.45, 7) is 4.46. The number of aromatic amines is 1. The van der Waals surface area contributed by atoms with Crippen LogP contribution >= 0.6 is 0 Å². The molecule has 0 aromatic carbocycles. The van der Waals surface area contributed by atoms with Crippen molar-refractivity contribution in [1.82, 2.24) is 10.2 Å². The van der Waals surface area contributed by atoms with E-state index in [1.54, 1.807) is 4.90 Å². The summed E-state index contributed by atoms with van der Waals surface area (Å²) < 4.78 is 0. The zero-order chi connectivity index (χ0) is 10.3. The Morgan fingerprint density at radius 2 is 2.29 bits per heavy atom. The Labute approximate surface area is 82.3 Å². The zero-order valence-electron chi connectivity index (χ0n) is 8.37. The van der Waals surface area contributed by atoms with Crippen molar-refractivity contribution in [1.29, 1.82) is 0 Å². The van der Waals surface area contributed by atoms with E-state index in [0.717, 1.165) is 17.1 Å². The van der Waals surface area contributed by atoms with Crippen LogP contribution in [-0.4, -0.2) is 28.7 Å². The second-order valence-electron chi connectivity index (χ2n) is 3.77. The SMILES string of the molecule is Cc1[nH]nc(N2CC(N)CC2=O)c1C. The van der Waals surface area contributed by atoms with Crippen LogP contribution in [0, 0.1) is 13.8 Å². The van der Waals surface area contributed by atoms with Crippen molar-refractivity contribution < 1.29 is 4.79 Å². The first-order valence-corrected chi connectivity index (χ1v) is 4.67. The van der Waals surface area contributed by atoms with Gasteiger partial charge in [-0.3, -0.25) is 14.8 Å². The largest absolute Gasteiger partial charge is 0.326 e. The maximum absolute atomic E-state index is 11.5. The van der Waals surface area contributed by atoms with Gasteiger partial charge < -0.3 is 5.73 Å². The highest BCUT2D eigenvalue weighted by atomic mass is 16.2. The quantitative estimate of drug-likeness (QED) is 0.665. The van der Waals surface area contributed by atoms with Gasteiger partial charge in [0.15, 0.2) is 5.82 Å². The fourth-order valence-electron chi connectivity index (χ4n) is 1.67. The lowest BCUT2D eigenvalue weighted by atomic mass is 10.2. The molecule has 1 aliphatic rings. The smallest absolute Gasteiger partial charge is 0.229 e. The summed E-state index contributed by atoms with van der Waals surface area (Å²) in [4.78, 5) is 13.2. The molecule has 1 amide bonds. The van der Waals surface area contributed by atoms with Crippen molar-refractivity contribution in [2.45, 2.75) is 26.3 Å². The van der Waals surface area contributed by atoms with Crippen LogP contribution in [0.25, 0.3) is 0 Å². The number of H-pyrrole nitrogens is 1. The van der Waals surface area contributed by atoms with Gasteiger partial charge >= 0.3 is 0 Å². The number of nitrogens with one attached hydrogen (secondary N) is 1. The molecule has 0 bridgehead atoms. The second kappa shape index (κ2) is 3.09. The number of nitrogens with zero attached hydrogens (tertiary/aromatic N) is 2. The molecule has 3 N–H and O–H groups in total. The highest BCUT2D eigenvalue weighted by Crippen LogP contribution is 2.23. The fourth-order valence-corrected chi connectivity index (χ4v) is 1.67. The molecule has 76 valence electrons. The Kier molecular flexibility index (Phi) is 2.03. The van der Waals surface area contributed by atoms with Crippen molar-refractivity contribution in [2.75, 3.05) is 11.4 Å². The molecule has 2 rings (SSSR count). The molecular formula is C9H14N4O. The Hall–Kier alpha value is -1.36. The van der Waals surface area contributed by atoms with E-state index in [2.05, 4.69) is 10.2 Å². The lowest BCUT2D eigenvalue weighted by Gasteiger charge is -2.13. The maximum Gasteiger partial charge on any atom is 0.229 e. The van der Waals surface area contributed by atoms with Gasteiger partial charge in [0.2, 0.25) is 5.91 Å². The molecule has 0 radical (unpaired) electrons. The van der Waals surface area contributed by atoms with Gasteiger partial charge in [0.25, 0.3) is 0 Å². The number of rotatable bonds is 1. The molecule has 5 heteroatoms. The van der Waals surface area contributed by atoms with Crippen LogP contribution < -0.4 is 10.6 Å².